The Morgan fingerprint density at radius 3 is 2.30 bits per heavy atom. The lowest BCUT2D eigenvalue weighted by atomic mass is 9.85. The number of ether oxygens (including phenoxy) is 1. The molecule has 0 spiro atoms. The first-order valence-electron chi connectivity index (χ1n) is 10.2. The number of nitrogens with zero attached hydrogens (tertiary/aromatic N) is 1. The van der Waals surface area contributed by atoms with Crippen LogP contribution in [0.4, 0.5) is 21.5 Å². The van der Waals surface area contributed by atoms with Gasteiger partial charge in [0, 0.05) is 44.0 Å². The number of hydrogen-bond donors (Lipinski definition) is 2. The second-order valence-corrected chi connectivity index (χ2v) is 8.34. The summed E-state index contributed by atoms with van der Waals surface area (Å²) >= 11 is 0. The van der Waals surface area contributed by atoms with Crippen LogP contribution in [0, 0.1) is 11.2 Å². The first-order chi connectivity index (χ1) is 14.5. The van der Waals surface area contributed by atoms with Crippen LogP contribution >= 0.6 is 0 Å². The molecule has 160 valence electrons. The summed E-state index contributed by atoms with van der Waals surface area (Å²) < 4.78 is 18.8. The normalized spacial score (nSPS) is 14.9. The van der Waals surface area contributed by atoms with Crippen LogP contribution < -0.4 is 10.6 Å². The van der Waals surface area contributed by atoms with Gasteiger partial charge in [-0.2, -0.15) is 0 Å². The third-order valence-corrected chi connectivity index (χ3v) is 5.36. The molecule has 3 aromatic rings. The van der Waals surface area contributed by atoms with Gasteiger partial charge in [0.05, 0.1) is 13.2 Å². The van der Waals surface area contributed by atoms with Crippen molar-refractivity contribution in [3.05, 3.63) is 78.6 Å². The first-order valence-corrected chi connectivity index (χ1v) is 10.2. The van der Waals surface area contributed by atoms with Crippen molar-refractivity contribution in [1.82, 2.24) is 4.90 Å². The highest BCUT2D eigenvalue weighted by molar-refractivity contribution is 5.81. The molecule has 1 aliphatic rings. The van der Waals surface area contributed by atoms with Crippen molar-refractivity contribution in [3.8, 4) is 11.1 Å². The van der Waals surface area contributed by atoms with Gasteiger partial charge in [0.25, 0.3) is 0 Å². The van der Waals surface area contributed by atoms with E-state index in [2.05, 4.69) is 72.1 Å². The Morgan fingerprint density at radius 1 is 0.967 bits per heavy atom. The van der Waals surface area contributed by atoms with E-state index in [1.165, 1.54) is 17.7 Å². The summed E-state index contributed by atoms with van der Waals surface area (Å²) in [6.45, 7) is 3.36. The van der Waals surface area contributed by atoms with Gasteiger partial charge in [0.15, 0.2) is 0 Å². The monoisotopic (exact) mass is 409 g/mol. The van der Waals surface area contributed by atoms with E-state index in [1.807, 2.05) is 6.07 Å². The van der Waals surface area contributed by atoms with Crippen LogP contribution in [0.15, 0.2) is 72.8 Å². The summed E-state index contributed by atoms with van der Waals surface area (Å²) in [6, 6.07) is 23.1. The van der Waals surface area contributed by atoms with Crippen molar-refractivity contribution in [2.45, 2.75) is 0 Å². The minimum atomic E-state index is -0.240. The lowest BCUT2D eigenvalue weighted by molar-refractivity contribution is -0.113. The molecule has 0 aromatic heterocycles. The molecule has 3 aromatic carbocycles. The van der Waals surface area contributed by atoms with E-state index in [0.717, 1.165) is 48.9 Å². The quantitative estimate of drug-likeness (QED) is 0.499. The number of benzene rings is 3. The van der Waals surface area contributed by atoms with Crippen molar-refractivity contribution in [2.24, 2.45) is 5.41 Å². The summed E-state index contributed by atoms with van der Waals surface area (Å²) in [5, 5.41) is 7.06. The molecule has 2 N–H and O–H groups in total. The first kappa shape index (κ1) is 20.4. The van der Waals surface area contributed by atoms with Gasteiger partial charge in [-0.25, -0.2) is 4.39 Å². The predicted octanol–water partition coefficient (Wildman–Crippen LogP) is 5.72. The SMILES string of the molecule is CN(C)CC1(CNc2cc(Nc3ccc(F)cc3)ccc2-c2ccccc2)COC1.[HH].[HH]. The zero-order valence-corrected chi connectivity index (χ0v) is 17.5. The molecule has 0 radical (unpaired) electrons. The van der Waals surface area contributed by atoms with Crippen LogP contribution in [-0.2, 0) is 4.74 Å². The van der Waals surface area contributed by atoms with Gasteiger partial charge in [-0.3, -0.25) is 0 Å². The fourth-order valence-electron chi connectivity index (χ4n) is 3.93. The number of hydrogen-bond acceptors (Lipinski definition) is 4. The van der Waals surface area contributed by atoms with E-state index in [1.54, 1.807) is 12.1 Å². The number of halogens is 1. The third kappa shape index (κ3) is 4.81. The number of rotatable bonds is 8. The lowest BCUT2D eigenvalue weighted by Gasteiger charge is -2.43. The van der Waals surface area contributed by atoms with Gasteiger partial charge in [-0.15, -0.1) is 0 Å². The molecule has 4 rings (SSSR count). The molecule has 1 heterocycles. The maximum atomic E-state index is 13.2. The highest BCUT2D eigenvalue weighted by atomic mass is 19.1. The fraction of sp³-hybridized carbons (Fsp3) is 0.280. The molecule has 1 fully saturated rings. The van der Waals surface area contributed by atoms with Crippen molar-refractivity contribution < 1.29 is 12.0 Å². The molecule has 30 heavy (non-hydrogen) atoms. The van der Waals surface area contributed by atoms with E-state index in [-0.39, 0.29) is 14.1 Å². The largest absolute Gasteiger partial charge is 0.384 e. The zero-order chi connectivity index (χ0) is 21.0. The van der Waals surface area contributed by atoms with Crippen molar-refractivity contribution in [1.29, 1.82) is 0 Å². The van der Waals surface area contributed by atoms with Crippen LogP contribution in [-0.4, -0.2) is 45.3 Å². The average Bonchev–Trinajstić information content (AvgIpc) is 2.72. The Balaban J connectivity index is 0.00000181. The van der Waals surface area contributed by atoms with Gasteiger partial charge in [-0.1, -0.05) is 36.4 Å². The summed E-state index contributed by atoms with van der Waals surface area (Å²) in [5.41, 5.74) is 5.32. The maximum Gasteiger partial charge on any atom is 0.123 e. The molecule has 0 aliphatic carbocycles. The molecular formula is C25H32FN3O. The molecule has 0 bridgehead atoms. The van der Waals surface area contributed by atoms with E-state index in [4.69, 9.17) is 4.74 Å². The van der Waals surface area contributed by atoms with Crippen molar-refractivity contribution in [2.75, 3.05) is 51.0 Å². The minimum Gasteiger partial charge on any atom is -0.384 e. The second-order valence-electron chi connectivity index (χ2n) is 8.34. The number of nitrogens with one attached hydrogen (secondary N) is 2. The number of anilines is 3. The Bertz CT molecular complexity index is 980. The third-order valence-electron chi connectivity index (χ3n) is 5.36. The highest BCUT2D eigenvalue weighted by Crippen LogP contribution is 2.34. The predicted molar refractivity (Wildman–Crippen MR) is 126 cm³/mol. The van der Waals surface area contributed by atoms with E-state index in [0.29, 0.717) is 0 Å². The smallest absolute Gasteiger partial charge is 0.123 e. The van der Waals surface area contributed by atoms with Crippen molar-refractivity contribution >= 4 is 17.1 Å². The van der Waals surface area contributed by atoms with Crippen molar-refractivity contribution in [3.63, 3.8) is 0 Å². The standard InChI is InChI=1S/C25H28FN3O.2H2/c1-29(2)16-25(17-30-18-25)15-27-24-14-22(28-21-10-8-20(26)9-11-21)12-13-23(24)19-6-4-3-5-7-19;;/h3-14,27-28H,15-18H2,1-2H3;2*1H. The molecule has 4 nitrogen and oxygen atoms in total. The fourth-order valence-corrected chi connectivity index (χ4v) is 3.93. The molecule has 1 saturated heterocycles. The molecule has 0 amide bonds. The molecule has 0 saturated carbocycles. The van der Waals surface area contributed by atoms with Crippen LogP contribution in [0.3, 0.4) is 0 Å². The topological polar surface area (TPSA) is 36.5 Å². The van der Waals surface area contributed by atoms with Crippen LogP contribution in [0.25, 0.3) is 11.1 Å². The Kier molecular flexibility index (Phi) is 6.02. The van der Waals surface area contributed by atoms with Crippen LogP contribution in [0.1, 0.15) is 2.85 Å². The summed E-state index contributed by atoms with van der Waals surface area (Å²) in [5.74, 6) is -0.240. The Morgan fingerprint density at radius 2 is 1.67 bits per heavy atom. The van der Waals surface area contributed by atoms with E-state index in [9.17, 15) is 4.39 Å². The van der Waals surface area contributed by atoms with Crippen LogP contribution in [0.2, 0.25) is 0 Å². The highest BCUT2D eigenvalue weighted by Gasteiger charge is 2.39. The molecule has 5 heteroatoms. The van der Waals surface area contributed by atoms with Crippen LogP contribution in [0.5, 0.6) is 0 Å². The minimum absolute atomic E-state index is 0. The zero-order valence-electron chi connectivity index (χ0n) is 17.5. The maximum absolute atomic E-state index is 13.2. The average molecular weight is 410 g/mol. The van der Waals surface area contributed by atoms with Gasteiger partial charge in [0.2, 0.25) is 0 Å². The molecule has 0 atom stereocenters. The van der Waals surface area contributed by atoms with Gasteiger partial charge >= 0.3 is 0 Å². The Labute approximate surface area is 180 Å². The molecule has 0 unspecified atom stereocenters. The Hall–Kier alpha value is -2.89. The summed E-state index contributed by atoms with van der Waals surface area (Å²) in [4.78, 5) is 2.22. The lowest BCUT2D eigenvalue weighted by Crippen LogP contribution is -2.53. The molecule has 1 aliphatic heterocycles. The molecular weight excluding hydrogens is 377 g/mol. The van der Waals surface area contributed by atoms with E-state index < -0.39 is 0 Å². The van der Waals surface area contributed by atoms with Gasteiger partial charge in [-0.05, 0) is 56.1 Å². The van der Waals surface area contributed by atoms with Gasteiger partial charge < -0.3 is 20.3 Å². The summed E-state index contributed by atoms with van der Waals surface area (Å²) in [7, 11) is 4.20. The second kappa shape index (κ2) is 8.86. The van der Waals surface area contributed by atoms with Gasteiger partial charge in [0.1, 0.15) is 5.82 Å². The van der Waals surface area contributed by atoms with E-state index >= 15 is 0 Å². The summed E-state index contributed by atoms with van der Waals surface area (Å²) in [6.07, 6.45) is 0.